The minimum absolute atomic E-state index is 0.0938. The van der Waals surface area contributed by atoms with Gasteiger partial charge < -0.3 is 9.47 Å². The molecule has 1 radical (unpaired) electrons. The molecule has 4 aromatic rings. The molecule has 0 aliphatic carbocycles. The van der Waals surface area contributed by atoms with Crippen molar-refractivity contribution in [3.63, 3.8) is 0 Å². The Bertz CT molecular complexity index is 1390. The summed E-state index contributed by atoms with van der Waals surface area (Å²) in [5, 5.41) is 5.26. The molecule has 2 aromatic carbocycles. The van der Waals surface area contributed by atoms with Crippen molar-refractivity contribution >= 4 is 29.8 Å². The third kappa shape index (κ3) is 7.22. The Hall–Kier alpha value is -3.05. The molecule has 0 bridgehead atoms. The van der Waals surface area contributed by atoms with E-state index in [1.54, 1.807) is 12.3 Å². The Labute approximate surface area is 207 Å². The average molecular weight is 511 g/mol. The zero-order valence-electron chi connectivity index (χ0n) is 20.0. The normalized spacial score (nSPS) is 11.9. The molecule has 0 N–H and O–H groups in total. The molecule has 4 rings (SSSR count). The number of rotatable bonds is 11. The summed E-state index contributed by atoms with van der Waals surface area (Å²) in [5.41, 5.74) is 3.29. The molecule has 2 aromatic heterocycles. The summed E-state index contributed by atoms with van der Waals surface area (Å²) in [6, 6.07) is 20.1. The lowest BCUT2D eigenvalue weighted by Gasteiger charge is -2.11. The molecule has 8 nitrogen and oxygen atoms in total. The highest BCUT2D eigenvalue weighted by Gasteiger charge is 2.08. The van der Waals surface area contributed by atoms with Crippen LogP contribution in [0.25, 0.3) is 22.2 Å². The first kappa shape index (κ1) is 25.1. The standard InChI is InChI=1S/C25H28N3O5SSi/c1-34(29,30)32-17-21-7-4-20-16-23(10-11-24(20)27-21)33-22-8-5-19(6-9-22)25-12-13-26-28(25)18-31-14-15-35(2)3/h4-13,16H,14-15,17-18H2,1-3H3. The number of pyridine rings is 1. The summed E-state index contributed by atoms with van der Waals surface area (Å²) < 4.78 is 40.9. The largest absolute Gasteiger partial charge is 0.457 e. The first-order valence-electron chi connectivity index (χ1n) is 11.2. The molecule has 0 saturated heterocycles. The van der Waals surface area contributed by atoms with Crippen LogP contribution in [0.4, 0.5) is 0 Å². The molecule has 0 amide bonds. The van der Waals surface area contributed by atoms with Crippen LogP contribution in [0.1, 0.15) is 5.69 Å². The van der Waals surface area contributed by atoms with E-state index < -0.39 is 10.1 Å². The quantitative estimate of drug-likeness (QED) is 0.158. The second-order valence-corrected chi connectivity index (χ2v) is 13.0. The van der Waals surface area contributed by atoms with Gasteiger partial charge in [-0.15, -0.1) is 0 Å². The summed E-state index contributed by atoms with van der Waals surface area (Å²) in [6.45, 7) is 5.65. The summed E-state index contributed by atoms with van der Waals surface area (Å²) >= 11 is 0. The highest BCUT2D eigenvalue weighted by Crippen LogP contribution is 2.28. The van der Waals surface area contributed by atoms with Crippen LogP contribution in [-0.2, 0) is 32.4 Å². The van der Waals surface area contributed by atoms with Crippen molar-refractivity contribution in [1.29, 1.82) is 0 Å². The van der Waals surface area contributed by atoms with Crippen LogP contribution in [0.15, 0.2) is 66.9 Å². The molecular weight excluding hydrogens is 482 g/mol. The fraction of sp³-hybridized carbons (Fsp3) is 0.280. The number of benzene rings is 2. The van der Waals surface area contributed by atoms with Crippen molar-refractivity contribution in [3.8, 4) is 22.8 Å². The maximum Gasteiger partial charge on any atom is 0.264 e. The van der Waals surface area contributed by atoms with Crippen LogP contribution in [0.5, 0.6) is 11.5 Å². The van der Waals surface area contributed by atoms with Crippen LogP contribution >= 0.6 is 0 Å². The van der Waals surface area contributed by atoms with Crippen molar-refractivity contribution in [2.75, 3.05) is 12.9 Å². The number of ether oxygens (including phenoxy) is 2. The molecule has 183 valence electrons. The van der Waals surface area contributed by atoms with Crippen LogP contribution in [-0.4, -0.2) is 44.8 Å². The maximum absolute atomic E-state index is 11.2. The zero-order valence-corrected chi connectivity index (χ0v) is 21.8. The van der Waals surface area contributed by atoms with E-state index in [1.165, 1.54) is 0 Å². The van der Waals surface area contributed by atoms with E-state index in [4.69, 9.17) is 13.7 Å². The van der Waals surface area contributed by atoms with Gasteiger partial charge in [-0.2, -0.15) is 13.5 Å². The van der Waals surface area contributed by atoms with Crippen molar-refractivity contribution in [2.24, 2.45) is 0 Å². The number of hydrogen-bond donors (Lipinski definition) is 0. The lowest BCUT2D eigenvalue weighted by molar-refractivity contribution is 0.0801. The number of nitrogens with zero attached hydrogens (tertiary/aromatic N) is 3. The predicted octanol–water partition coefficient (Wildman–Crippen LogP) is 5.10. The van der Waals surface area contributed by atoms with Crippen LogP contribution in [0.2, 0.25) is 19.1 Å². The van der Waals surface area contributed by atoms with Gasteiger partial charge in [0.2, 0.25) is 0 Å². The molecule has 2 heterocycles. The minimum atomic E-state index is -3.52. The molecule has 0 atom stereocenters. The van der Waals surface area contributed by atoms with E-state index in [9.17, 15) is 8.42 Å². The van der Waals surface area contributed by atoms with Crippen molar-refractivity contribution in [1.82, 2.24) is 14.8 Å². The van der Waals surface area contributed by atoms with Gasteiger partial charge in [0, 0.05) is 32.6 Å². The average Bonchev–Trinajstić information content (AvgIpc) is 3.29. The molecular formula is C25H28N3O5SSi. The van der Waals surface area contributed by atoms with Gasteiger partial charge >= 0.3 is 0 Å². The number of fused-ring (bicyclic) bond motifs is 1. The Kier molecular flexibility index (Phi) is 7.96. The first-order chi connectivity index (χ1) is 16.8. The molecule has 0 aliphatic rings. The first-order valence-corrected chi connectivity index (χ1v) is 15.7. The van der Waals surface area contributed by atoms with Gasteiger partial charge in [0.15, 0.2) is 0 Å². The molecule has 35 heavy (non-hydrogen) atoms. The topological polar surface area (TPSA) is 92.5 Å². The molecule has 0 saturated carbocycles. The smallest absolute Gasteiger partial charge is 0.264 e. The van der Waals surface area contributed by atoms with Gasteiger partial charge in [-0.05, 0) is 60.6 Å². The lowest BCUT2D eigenvalue weighted by atomic mass is 10.1. The molecule has 0 aliphatic heterocycles. The van der Waals surface area contributed by atoms with Gasteiger partial charge in [-0.25, -0.2) is 4.68 Å². The fourth-order valence-corrected chi connectivity index (χ4v) is 4.28. The summed E-state index contributed by atoms with van der Waals surface area (Å²) in [7, 11) is -3.80. The van der Waals surface area contributed by atoms with E-state index in [0.29, 0.717) is 23.9 Å². The third-order valence-corrected chi connectivity index (χ3v) is 6.95. The molecule has 0 spiro atoms. The zero-order chi connectivity index (χ0) is 24.8. The molecule has 10 heteroatoms. The van der Waals surface area contributed by atoms with E-state index >= 15 is 0 Å². The highest BCUT2D eigenvalue weighted by atomic mass is 32.2. The minimum Gasteiger partial charge on any atom is -0.457 e. The van der Waals surface area contributed by atoms with Crippen LogP contribution < -0.4 is 4.74 Å². The SMILES string of the molecule is C[Si](C)CCOCn1nccc1-c1ccc(Oc2ccc3nc(COS(C)(=O)=O)ccc3c2)cc1. The van der Waals surface area contributed by atoms with Crippen molar-refractivity contribution in [3.05, 3.63) is 72.6 Å². The summed E-state index contributed by atoms with van der Waals surface area (Å²) in [4.78, 5) is 4.45. The number of aromatic nitrogens is 3. The van der Waals surface area contributed by atoms with E-state index in [-0.39, 0.29) is 15.4 Å². The summed E-state index contributed by atoms with van der Waals surface area (Å²) in [5.74, 6) is 1.39. The lowest BCUT2D eigenvalue weighted by Crippen LogP contribution is -2.10. The van der Waals surface area contributed by atoms with Gasteiger partial charge in [0.1, 0.15) is 24.8 Å². The van der Waals surface area contributed by atoms with Crippen LogP contribution in [0.3, 0.4) is 0 Å². The Morgan fingerprint density at radius 1 is 0.971 bits per heavy atom. The molecule has 0 unspecified atom stereocenters. The number of hydrogen-bond acceptors (Lipinski definition) is 7. The van der Waals surface area contributed by atoms with Crippen molar-refractivity contribution in [2.45, 2.75) is 32.5 Å². The predicted molar refractivity (Wildman–Crippen MR) is 137 cm³/mol. The Morgan fingerprint density at radius 3 is 2.49 bits per heavy atom. The Balaban J connectivity index is 1.40. The third-order valence-electron chi connectivity index (χ3n) is 5.20. The van der Waals surface area contributed by atoms with Gasteiger partial charge in [0.25, 0.3) is 10.1 Å². The van der Waals surface area contributed by atoms with Gasteiger partial charge in [-0.3, -0.25) is 9.17 Å². The highest BCUT2D eigenvalue weighted by molar-refractivity contribution is 7.85. The maximum atomic E-state index is 11.2. The van der Waals surface area contributed by atoms with E-state index in [2.05, 4.69) is 23.2 Å². The van der Waals surface area contributed by atoms with Crippen LogP contribution in [0, 0.1) is 0 Å². The Morgan fingerprint density at radius 2 is 1.74 bits per heavy atom. The monoisotopic (exact) mass is 510 g/mol. The second-order valence-electron chi connectivity index (χ2n) is 8.46. The van der Waals surface area contributed by atoms with Gasteiger partial charge in [-0.1, -0.05) is 19.2 Å². The second kappa shape index (κ2) is 11.1. The van der Waals surface area contributed by atoms with E-state index in [0.717, 1.165) is 41.1 Å². The molecule has 0 fully saturated rings. The van der Waals surface area contributed by atoms with Gasteiger partial charge in [0.05, 0.1) is 23.2 Å². The van der Waals surface area contributed by atoms with E-state index in [1.807, 2.05) is 59.3 Å². The summed E-state index contributed by atoms with van der Waals surface area (Å²) in [6.07, 6.45) is 2.79. The fourth-order valence-electron chi connectivity index (χ4n) is 3.40. The van der Waals surface area contributed by atoms with Crippen molar-refractivity contribution < 1.29 is 22.1 Å².